The number of cyclic esters (lactones) is 1. The third-order valence-electron chi connectivity index (χ3n) is 5.79. The molecule has 0 aromatic heterocycles. The van der Waals surface area contributed by atoms with Crippen molar-refractivity contribution in [2.75, 3.05) is 0 Å². The maximum Gasteiger partial charge on any atom is 0.311 e. The third-order valence-corrected chi connectivity index (χ3v) is 5.79. The first-order valence-electron chi connectivity index (χ1n) is 9.83. The number of nitro benzene ring substituents is 2. The van der Waals surface area contributed by atoms with Gasteiger partial charge in [-0.05, 0) is 42.7 Å². The van der Waals surface area contributed by atoms with Gasteiger partial charge in [-0.1, -0.05) is 24.3 Å². The summed E-state index contributed by atoms with van der Waals surface area (Å²) in [6.07, 6.45) is -0.0592. The highest BCUT2D eigenvalue weighted by Gasteiger charge is 2.48. The number of hydrogen-bond acceptors (Lipinski definition) is 8. The van der Waals surface area contributed by atoms with Crippen LogP contribution in [0.3, 0.4) is 0 Å². The molecular formula is C23H18N2O8. The van der Waals surface area contributed by atoms with Crippen molar-refractivity contribution in [1.82, 2.24) is 0 Å². The lowest BCUT2D eigenvalue weighted by Crippen LogP contribution is -2.41. The number of rotatable bonds is 4. The molecule has 0 unspecified atom stereocenters. The predicted octanol–water partition coefficient (Wildman–Crippen LogP) is 3.92. The van der Waals surface area contributed by atoms with Gasteiger partial charge in [-0.25, -0.2) is 0 Å². The van der Waals surface area contributed by atoms with Crippen LogP contribution in [0.5, 0.6) is 11.5 Å². The summed E-state index contributed by atoms with van der Waals surface area (Å²) in [6.45, 7) is 3.16. The number of nitrogens with zero attached hydrogens (tertiary/aromatic N) is 2. The van der Waals surface area contributed by atoms with Crippen LogP contribution in [0.2, 0.25) is 0 Å². The van der Waals surface area contributed by atoms with Crippen LogP contribution >= 0.6 is 0 Å². The molecule has 0 aliphatic carbocycles. The molecule has 0 amide bonds. The molecule has 0 saturated heterocycles. The van der Waals surface area contributed by atoms with Crippen LogP contribution in [-0.4, -0.2) is 26.0 Å². The van der Waals surface area contributed by atoms with Gasteiger partial charge in [0, 0.05) is 28.8 Å². The topological polar surface area (TPSA) is 153 Å². The number of carbonyl (C=O) groups excluding carboxylic acids is 1. The Morgan fingerprint density at radius 2 is 1.33 bits per heavy atom. The van der Waals surface area contributed by atoms with Crippen molar-refractivity contribution in [3.63, 3.8) is 0 Å². The number of ether oxygens (including phenoxy) is 1. The van der Waals surface area contributed by atoms with Crippen molar-refractivity contribution < 1.29 is 29.6 Å². The molecule has 0 radical (unpaired) electrons. The molecule has 10 heteroatoms. The molecule has 4 rings (SSSR count). The van der Waals surface area contributed by atoms with Crippen LogP contribution in [0.15, 0.2) is 48.5 Å². The number of aryl methyl sites for hydroxylation is 2. The summed E-state index contributed by atoms with van der Waals surface area (Å²) >= 11 is 0. The standard InChI is InChI=1S/C23H18N2O8/c1-12-7-20(26)18(24(29)30)10-16(12)23(15-6-4-3-5-14(15)9-22(28)33-23)17-11-19(25(31)32)21(27)8-13(17)2/h3-8,10-11,26-27H,9H2,1-2H3. The number of phenols is 2. The van der Waals surface area contributed by atoms with Gasteiger partial charge in [0.25, 0.3) is 0 Å². The van der Waals surface area contributed by atoms with E-state index in [1.807, 2.05) is 0 Å². The van der Waals surface area contributed by atoms with E-state index in [0.29, 0.717) is 22.3 Å². The van der Waals surface area contributed by atoms with Crippen molar-refractivity contribution in [3.05, 3.63) is 102 Å². The van der Waals surface area contributed by atoms with E-state index in [4.69, 9.17) is 4.74 Å². The number of fused-ring (bicyclic) bond motifs is 1. The van der Waals surface area contributed by atoms with Crippen LogP contribution in [0, 0.1) is 34.1 Å². The fraction of sp³-hybridized carbons (Fsp3) is 0.174. The lowest BCUT2D eigenvalue weighted by Gasteiger charge is -2.40. The van der Waals surface area contributed by atoms with E-state index in [9.17, 15) is 35.2 Å². The molecule has 0 bridgehead atoms. The fourth-order valence-electron chi connectivity index (χ4n) is 4.39. The maximum atomic E-state index is 12.8. The number of phenolic OH excluding ortho intramolecular Hbond substituents is 2. The van der Waals surface area contributed by atoms with Gasteiger partial charge in [0.05, 0.1) is 16.3 Å². The predicted molar refractivity (Wildman–Crippen MR) is 115 cm³/mol. The maximum absolute atomic E-state index is 12.8. The highest BCUT2D eigenvalue weighted by atomic mass is 16.6. The average Bonchev–Trinajstić information content (AvgIpc) is 2.72. The van der Waals surface area contributed by atoms with E-state index in [1.165, 1.54) is 12.1 Å². The van der Waals surface area contributed by atoms with E-state index < -0.39 is 44.3 Å². The van der Waals surface area contributed by atoms with E-state index in [2.05, 4.69) is 0 Å². The zero-order valence-electron chi connectivity index (χ0n) is 17.6. The van der Waals surface area contributed by atoms with Crippen LogP contribution in [0.1, 0.15) is 33.4 Å². The summed E-state index contributed by atoms with van der Waals surface area (Å²) < 4.78 is 5.94. The van der Waals surface area contributed by atoms with E-state index in [-0.39, 0.29) is 17.5 Å². The molecule has 33 heavy (non-hydrogen) atoms. The molecule has 0 spiro atoms. The average molecular weight is 450 g/mol. The largest absolute Gasteiger partial charge is 0.502 e. The number of hydrogen-bond donors (Lipinski definition) is 2. The van der Waals surface area contributed by atoms with Crippen molar-refractivity contribution in [3.8, 4) is 11.5 Å². The number of benzene rings is 3. The fourth-order valence-corrected chi connectivity index (χ4v) is 4.39. The van der Waals surface area contributed by atoms with Gasteiger partial charge in [-0.2, -0.15) is 0 Å². The summed E-state index contributed by atoms with van der Waals surface area (Å²) in [5.74, 6) is -1.78. The Morgan fingerprint density at radius 3 is 1.82 bits per heavy atom. The molecule has 2 N–H and O–H groups in total. The molecule has 168 valence electrons. The molecule has 0 saturated carbocycles. The van der Waals surface area contributed by atoms with Crippen molar-refractivity contribution >= 4 is 17.3 Å². The van der Waals surface area contributed by atoms with Gasteiger partial charge < -0.3 is 14.9 Å². The van der Waals surface area contributed by atoms with Crippen molar-refractivity contribution in [1.29, 1.82) is 0 Å². The van der Waals surface area contributed by atoms with Crippen molar-refractivity contribution in [2.24, 2.45) is 0 Å². The van der Waals surface area contributed by atoms with Gasteiger partial charge in [0.1, 0.15) is 0 Å². The minimum atomic E-state index is -1.79. The minimum Gasteiger partial charge on any atom is -0.502 e. The smallest absolute Gasteiger partial charge is 0.311 e. The second-order valence-corrected chi connectivity index (χ2v) is 7.82. The number of carbonyl (C=O) groups is 1. The zero-order chi connectivity index (χ0) is 24.1. The Labute approximate surface area is 187 Å². The molecule has 1 aliphatic rings. The third kappa shape index (κ3) is 3.32. The van der Waals surface area contributed by atoms with Crippen LogP contribution in [0.25, 0.3) is 0 Å². The summed E-state index contributed by atoms with van der Waals surface area (Å²) in [6, 6.07) is 11.4. The van der Waals surface area contributed by atoms with E-state index >= 15 is 0 Å². The highest BCUT2D eigenvalue weighted by molar-refractivity contribution is 5.79. The lowest BCUT2D eigenvalue weighted by atomic mass is 9.73. The first-order valence-corrected chi connectivity index (χ1v) is 9.83. The van der Waals surface area contributed by atoms with Gasteiger partial charge >= 0.3 is 17.3 Å². The van der Waals surface area contributed by atoms with E-state index in [1.54, 1.807) is 38.1 Å². The molecule has 10 nitrogen and oxygen atoms in total. The summed E-state index contributed by atoms with van der Waals surface area (Å²) in [4.78, 5) is 34.4. The van der Waals surface area contributed by atoms with Gasteiger partial charge in [-0.15, -0.1) is 0 Å². The second kappa shape index (κ2) is 7.59. The Morgan fingerprint density at radius 1 is 0.848 bits per heavy atom. The van der Waals surface area contributed by atoms with Gasteiger partial charge in [-0.3, -0.25) is 25.0 Å². The first-order chi connectivity index (χ1) is 15.6. The highest BCUT2D eigenvalue weighted by Crippen LogP contribution is 2.50. The van der Waals surface area contributed by atoms with Crippen molar-refractivity contribution in [2.45, 2.75) is 25.9 Å². The Balaban J connectivity index is 2.20. The van der Waals surface area contributed by atoms with Gasteiger partial charge in [0.2, 0.25) is 0 Å². The summed E-state index contributed by atoms with van der Waals surface area (Å²) in [5.41, 5.74) is -0.923. The first kappa shape index (κ1) is 21.8. The molecule has 1 aliphatic heterocycles. The molecule has 0 atom stereocenters. The van der Waals surface area contributed by atoms with Crippen LogP contribution < -0.4 is 0 Å². The number of nitro groups is 2. The quantitative estimate of drug-likeness (QED) is 0.344. The molecule has 1 heterocycles. The Kier molecular flexibility index (Phi) is 5.00. The zero-order valence-corrected chi connectivity index (χ0v) is 17.6. The molecule has 0 fully saturated rings. The molecule has 3 aromatic carbocycles. The SMILES string of the molecule is Cc1cc(O)c([N+](=O)[O-])cc1C1(c2cc([N+](=O)[O-])c(O)cc2C)OC(=O)Cc2ccccc21. The number of esters is 1. The molecular weight excluding hydrogens is 432 g/mol. The van der Waals surface area contributed by atoms with E-state index in [0.717, 1.165) is 12.1 Å². The monoisotopic (exact) mass is 450 g/mol. The Hall–Kier alpha value is -4.47. The summed E-state index contributed by atoms with van der Waals surface area (Å²) in [7, 11) is 0. The normalized spacial score (nSPS) is 14.3. The van der Waals surface area contributed by atoms with Crippen LogP contribution in [0.4, 0.5) is 11.4 Å². The second-order valence-electron chi connectivity index (χ2n) is 7.82. The minimum absolute atomic E-state index is 0.0592. The lowest BCUT2D eigenvalue weighted by molar-refractivity contribution is -0.386. The van der Waals surface area contributed by atoms with Crippen LogP contribution in [-0.2, 0) is 21.6 Å². The summed E-state index contributed by atoms with van der Waals surface area (Å²) in [5, 5.41) is 43.4. The van der Waals surface area contributed by atoms with Gasteiger partial charge in [0.15, 0.2) is 17.1 Å². The number of aromatic hydroxyl groups is 2. The molecule has 3 aromatic rings. The Bertz CT molecular complexity index is 1280.